The van der Waals surface area contributed by atoms with Crippen molar-refractivity contribution < 1.29 is 14.3 Å². The zero-order valence-electron chi connectivity index (χ0n) is 10.4. The van der Waals surface area contributed by atoms with Gasteiger partial charge in [0.05, 0.1) is 26.4 Å². The second-order valence-corrected chi connectivity index (χ2v) is 3.64. The van der Waals surface area contributed by atoms with Crippen LogP contribution in [0, 0.1) is 0 Å². The van der Waals surface area contributed by atoms with Gasteiger partial charge in [0.15, 0.2) is 0 Å². The molecule has 0 unspecified atom stereocenters. The van der Waals surface area contributed by atoms with E-state index in [0.29, 0.717) is 45.1 Å². The van der Waals surface area contributed by atoms with E-state index >= 15 is 0 Å². The fourth-order valence-corrected chi connectivity index (χ4v) is 1.33. The number of ether oxygens (including phenoxy) is 2. The molecule has 5 nitrogen and oxygen atoms in total. The predicted molar refractivity (Wildman–Crippen MR) is 69.5 cm³/mol. The first-order valence-electron chi connectivity index (χ1n) is 6.03. The van der Waals surface area contributed by atoms with Crippen LogP contribution in [0.1, 0.15) is 10.4 Å². The number of amides is 1. The first-order chi connectivity index (χ1) is 8.84. The van der Waals surface area contributed by atoms with Crippen LogP contribution in [-0.4, -0.2) is 45.4 Å². The third-order valence-corrected chi connectivity index (χ3v) is 2.20. The largest absolute Gasteiger partial charge is 0.378 e. The van der Waals surface area contributed by atoms with Gasteiger partial charge in [-0.25, -0.2) is 0 Å². The molecule has 1 aromatic carbocycles. The average molecular weight is 252 g/mol. The molecule has 0 aliphatic rings. The van der Waals surface area contributed by atoms with E-state index in [9.17, 15) is 4.79 Å². The minimum atomic E-state index is -0.0846. The van der Waals surface area contributed by atoms with E-state index in [1.165, 1.54) is 0 Å². The molecule has 1 amide bonds. The molecule has 0 spiro atoms. The molecule has 0 bridgehead atoms. The Morgan fingerprint density at radius 1 is 1.06 bits per heavy atom. The molecule has 1 aromatic rings. The van der Waals surface area contributed by atoms with Gasteiger partial charge in [0.25, 0.3) is 5.91 Å². The van der Waals surface area contributed by atoms with Gasteiger partial charge in [0, 0.05) is 18.7 Å². The second-order valence-electron chi connectivity index (χ2n) is 3.64. The number of carbonyl (C=O) groups is 1. The van der Waals surface area contributed by atoms with E-state index < -0.39 is 0 Å². The standard InChI is InChI=1S/C13H20N2O3/c14-6-8-17-10-11-18-9-7-15-13(16)12-4-2-1-3-5-12/h1-5H,6-11,14H2,(H,15,16). The van der Waals surface area contributed by atoms with Crippen molar-refractivity contribution in [3.63, 3.8) is 0 Å². The first-order valence-corrected chi connectivity index (χ1v) is 6.03. The Morgan fingerprint density at radius 2 is 1.72 bits per heavy atom. The Hall–Kier alpha value is -1.43. The fourth-order valence-electron chi connectivity index (χ4n) is 1.33. The molecule has 0 heterocycles. The summed E-state index contributed by atoms with van der Waals surface area (Å²) in [5.74, 6) is -0.0846. The molecule has 0 aliphatic carbocycles. The lowest BCUT2D eigenvalue weighted by molar-refractivity contribution is 0.0511. The molecule has 0 aliphatic heterocycles. The van der Waals surface area contributed by atoms with Crippen molar-refractivity contribution in [2.75, 3.05) is 39.5 Å². The summed E-state index contributed by atoms with van der Waals surface area (Å²) in [4.78, 5) is 11.6. The highest BCUT2D eigenvalue weighted by Gasteiger charge is 2.02. The van der Waals surface area contributed by atoms with Crippen LogP contribution in [0.4, 0.5) is 0 Å². The lowest BCUT2D eigenvalue weighted by Gasteiger charge is -2.06. The van der Waals surface area contributed by atoms with Gasteiger partial charge in [0.2, 0.25) is 0 Å². The molecule has 0 saturated carbocycles. The SMILES string of the molecule is NCCOCCOCCNC(=O)c1ccccc1. The van der Waals surface area contributed by atoms with Crippen LogP contribution in [-0.2, 0) is 9.47 Å². The molecule has 5 heteroatoms. The van der Waals surface area contributed by atoms with E-state index in [0.717, 1.165) is 0 Å². The summed E-state index contributed by atoms with van der Waals surface area (Å²) in [6.07, 6.45) is 0. The van der Waals surface area contributed by atoms with Gasteiger partial charge in [-0.2, -0.15) is 0 Å². The zero-order chi connectivity index (χ0) is 13.1. The fraction of sp³-hybridized carbons (Fsp3) is 0.462. The molecule has 100 valence electrons. The number of nitrogens with two attached hydrogens (primary N) is 1. The van der Waals surface area contributed by atoms with Crippen molar-refractivity contribution in [1.82, 2.24) is 5.32 Å². The van der Waals surface area contributed by atoms with Crippen LogP contribution in [0.2, 0.25) is 0 Å². The molecule has 0 fully saturated rings. The number of hydrogen-bond acceptors (Lipinski definition) is 4. The summed E-state index contributed by atoms with van der Waals surface area (Å²) in [5.41, 5.74) is 5.92. The van der Waals surface area contributed by atoms with Gasteiger partial charge in [-0.15, -0.1) is 0 Å². The van der Waals surface area contributed by atoms with Crippen LogP contribution in [0.25, 0.3) is 0 Å². The topological polar surface area (TPSA) is 73.6 Å². The lowest BCUT2D eigenvalue weighted by Crippen LogP contribution is -2.27. The summed E-state index contributed by atoms with van der Waals surface area (Å²) in [5, 5.41) is 2.78. The normalized spacial score (nSPS) is 10.3. The van der Waals surface area contributed by atoms with Crippen molar-refractivity contribution in [2.24, 2.45) is 5.73 Å². The predicted octanol–water partition coefficient (Wildman–Crippen LogP) is 0.408. The Morgan fingerprint density at radius 3 is 2.39 bits per heavy atom. The quantitative estimate of drug-likeness (QED) is 0.624. The summed E-state index contributed by atoms with van der Waals surface area (Å²) >= 11 is 0. The maximum absolute atomic E-state index is 11.6. The third kappa shape index (κ3) is 6.34. The summed E-state index contributed by atoms with van der Waals surface area (Å²) < 4.78 is 10.4. The maximum atomic E-state index is 11.6. The van der Waals surface area contributed by atoms with Crippen LogP contribution >= 0.6 is 0 Å². The van der Waals surface area contributed by atoms with Gasteiger partial charge in [0.1, 0.15) is 0 Å². The van der Waals surface area contributed by atoms with Crippen molar-refractivity contribution in [3.05, 3.63) is 35.9 Å². The highest BCUT2D eigenvalue weighted by Crippen LogP contribution is 1.97. The van der Waals surface area contributed by atoms with Gasteiger partial charge in [-0.1, -0.05) is 18.2 Å². The number of benzene rings is 1. The molecule has 0 radical (unpaired) electrons. The van der Waals surface area contributed by atoms with Crippen LogP contribution in [0.3, 0.4) is 0 Å². The summed E-state index contributed by atoms with van der Waals surface area (Å²) in [6, 6.07) is 9.09. The van der Waals surface area contributed by atoms with Gasteiger partial charge < -0.3 is 20.5 Å². The number of carbonyl (C=O) groups excluding carboxylic acids is 1. The number of hydrogen-bond donors (Lipinski definition) is 2. The first kappa shape index (κ1) is 14.6. The molecule has 3 N–H and O–H groups in total. The maximum Gasteiger partial charge on any atom is 0.251 e. The molecule has 18 heavy (non-hydrogen) atoms. The van der Waals surface area contributed by atoms with Crippen LogP contribution < -0.4 is 11.1 Å². The Bertz CT molecular complexity index is 330. The lowest BCUT2D eigenvalue weighted by atomic mass is 10.2. The van der Waals surface area contributed by atoms with E-state index in [-0.39, 0.29) is 5.91 Å². The molecule has 1 rings (SSSR count). The van der Waals surface area contributed by atoms with Crippen LogP contribution in [0.15, 0.2) is 30.3 Å². The summed E-state index contributed by atoms with van der Waals surface area (Å²) in [6.45, 7) is 3.08. The smallest absolute Gasteiger partial charge is 0.251 e. The molecular weight excluding hydrogens is 232 g/mol. The summed E-state index contributed by atoms with van der Waals surface area (Å²) in [7, 11) is 0. The molecule has 0 aromatic heterocycles. The minimum Gasteiger partial charge on any atom is -0.378 e. The van der Waals surface area contributed by atoms with Crippen molar-refractivity contribution >= 4 is 5.91 Å². The van der Waals surface area contributed by atoms with E-state index in [4.69, 9.17) is 15.2 Å². The minimum absolute atomic E-state index is 0.0846. The highest BCUT2D eigenvalue weighted by molar-refractivity contribution is 5.94. The third-order valence-electron chi connectivity index (χ3n) is 2.20. The van der Waals surface area contributed by atoms with Crippen molar-refractivity contribution in [1.29, 1.82) is 0 Å². The van der Waals surface area contributed by atoms with Gasteiger partial charge >= 0.3 is 0 Å². The van der Waals surface area contributed by atoms with E-state index in [1.807, 2.05) is 18.2 Å². The van der Waals surface area contributed by atoms with E-state index in [2.05, 4.69) is 5.32 Å². The average Bonchev–Trinajstić information content (AvgIpc) is 2.42. The monoisotopic (exact) mass is 252 g/mol. The van der Waals surface area contributed by atoms with Crippen molar-refractivity contribution in [3.8, 4) is 0 Å². The zero-order valence-corrected chi connectivity index (χ0v) is 10.4. The van der Waals surface area contributed by atoms with Gasteiger partial charge in [-0.3, -0.25) is 4.79 Å². The van der Waals surface area contributed by atoms with Gasteiger partial charge in [-0.05, 0) is 12.1 Å². The Balaban J connectivity index is 2.00. The second kappa shape index (κ2) is 9.58. The number of rotatable bonds is 9. The van der Waals surface area contributed by atoms with E-state index in [1.54, 1.807) is 12.1 Å². The Labute approximate surface area is 107 Å². The molecule has 0 saturated heterocycles. The molecule has 0 atom stereocenters. The van der Waals surface area contributed by atoms with Crippen molar-refractivity contribution in [2.45, 2.75) is 0 Å². The molecular formula is C13H20N2O3. The number of nitrogens with one attached hydrogen (secondary N) is 1. The highest BCUT2D eigenvalue weighted by atomic mass is 16.5. The van der Waals surface area contributed by atoms with Crippen LogP contribution in [0.5, 0.6) is 0 Å². The Kier molecular flexibility index (Phi) is 7.79.